The molecule has 4 rings (SSSR count). The summed E-state index contributed by atoms with van der Waals surface area (Å²) in [5.41, 5.74) is 2.40. The van der Waals surface area contributed by atoms with Crippen molar-refractivity contribution in [1.29, 1.82) is 0 Å². The molecule has 116 valence electrons. The number of nitrogens with zero attached hydrogens (tertiary/aromatic N) is 3. The molecule has 0 radical (unpaired) electrons. The average Bonchev–Trinajstić information content (AvgIpc) is 3.24. The van der Waals surface area contributed by atoms with Crippen molar-refractivity contribution in [3.63, 3.8) is 0 Å². The molecule has 0 spiro atoms. The van der Waals surface area contributed by atoms with Crippen LogP contribution in [0, 0.1) is 0 Å². The Labute approximate surface area is 141 Å². The van der Waals surface area contributed by atoms with Crippen LogP contribution >= 0.6 is 23.5 Å². The summed E-state index contributed by atoms with van der Waals surface area (Å²) < 4.78 is 2.20. The molecular weight excluding hydrogens is 328 g/mol. The molecule has 0 aliphatic carbocycles. The summed E-state index contributed by atoms with van der Waals surface area (Å²) in [4.78, 5) is 20.8. The number of nitrogens with one attached hydrogen (secondary N) is 1. The number of benzene rings is 1. The third-order valence-electron chi connectivity index (χ3n) is 3.51. The summed E-state index contributed by atoms with van der Waals surface area (Å²) in [5.74, 6) is 2.66. The highest BCUT2D eigenvalue weighted by atomic mass is 32.2. The van der Waals surface area contributed by atoms with Gasteiger partial charge in [-0.05, 0) is 23.8 Å². The van der Waals surface area contributed by atoms with Gasteiger partial charge in [0.15, 0.2) is 0 Å². The van der Waals surface area contributed by atoms with Crippen LogP contribution < -0.4 is 5.32 Å². The van der Waals surface area contributed by atoms with E-state index in [0.717, 1.165) is 5.69 Å². The summed E-state index contributed by atoms with van der Waals surface area (Å²) in [6, 6.07) is 9.84. The van der Waals surface area contributed by atoms with Gasteiger partial charge in [-0.15, -0.1) is 23.5 Å². The molecule has 23 heavy (non-hydrogen) atoms. The molecule has 0 unspecified atom stereocenters. The molecule has 1 aromatic carbocycles. The summed E-state index contributed by atoms with van der Waals surface area (Å²) in [6.45, 7) is 0. The molecule has 7 heteroatoms. The van der Waals surface area contributed by atoms with Crippen LogP contribution in [-0.4, -0.2) is 31.8 Å². The lowest BCUT2D eigenvalue weighted by atomic mass is 10.2. The zero-order valence-corrected chi connectivity index (χ0v) is 13.8. The minimum Gasteiger partial charge on any atom is -0.321 e. The van der Waals surface area contributed by atoms with Gasteiger partial charge in [-0.1, -0.05) is 12.1 Å². The number of rotatable bonds is 3. The van der Waals surface area contributed by atoms with Crippen LogP contribution in [0.4, 0.5) is 5.69 Å². The summed E-state index contributed by atoms with van der Waals surface area (Å²) in [6.07, 6.45) is 5.16. The van der Waals surface area contributed by atoms with E-state index >= 15 is 0 Å². The third-order valence-corrected chi connectivity index (χ3v) is 6.61. The number of imidazole rings is 1. The fraction of sp³-hybridized carbons (Fsp3) is 0.188. The van der Waals surface area contributed by atoms with Gasteiger partial charge >= 0.3 is 0 Å². The van der Waals surface area contributed by atoms with Gasteiger partial charge in [-0.2, -0.15) is 0 Å². The van der Waals surface area contributed by atoms with Crippen molar-refractivity contribution in [2.45, 2.75) is 4.58 Å². The second kappa shape index (κ2) is 6.25. The monoisotopic (exact) mass is 342 g/mol. The molecule has 1 amide bonds. The van der Waals surface area contributed by atoms with E-state index in [1.807, 2.05) is 47.9 Å². The molecule has 1 aliphatic heterocycles. The van der Waals surface area contributed by atoms with Crippen LogP contribution in [0.15, 0.2) is 48.9 Å². The Hall–Kier alpha value is -1.99. The second-order valence-corrected chi connectivity index (χ2v) is 7.83. The first-order valence-electron chi connectivity index (χ1n) is 7.24. The van der Waals surface area contributed by atoms with Crippen molar-refractivity contribution in [3.05, 3.63) is 60.2 Å². The summed E-state index contributed by atoms with van der Waals surface area (Å²) >= 11 is 3.90. The minimum absolute atomic E-state index is 0.223. The van der Waals surface area contributed by atoms with E-state index in [1.54, 1.807) is 22.9 Å². The van der Waals surface area contributed by atoms with Gasteiger partial charge in [0, 0.05) is 35.8 Å². The molecule has 3 heterocycles. The number of amides is 1. The minimum atomic E-state index is -0.223. The first-order valence-corrected chi connectivity index (χ1v) is 9.33. The number of carbonyl (C=O) groups is 1. The molecule has 2 aromatic heterocycles. The SMILES string of the molecule is O=C(Nc1cccc(C2SCCS2)c1)c1cn2cccnc2n1. The highest BCUT2D eigenvalue weighted by Gasteiger charge is 2.19. The Morgan fingerprint density at radius 2 is 2.13 bits per heavy atom. The summed E-state index contributed by atoms with van der Waals surface area (Å²) in [7, 11) is 0. The number of hydrogen-bond acceptors (Lipinski definition) is 5. The maximum Gasteiger partial charge on any atom is 0.275 e. The van der Waals surface area contributed by atoms with Crippen LogP contribution in [-0.2, 0) is 0 Å². The normalized spacial score (nSPS) is 15.1. The van der Waals surface area contributed by atoms with Crippen LogP contribution in [0.5, 0.6) is 0 Å². The molecule has 3 aromatic rings. The van der Waals surface area contributed by atoms with Gasteiger partial charge in [0.1, 0.15) is 5.69 Å². The molecule has 1 N–H and O–H groups in total. The predicted molar refractivity (Wildman–Crippen MR) is 95.0 cm³/mol. The zero-order valence-electron chi connectivity index (χ0n) is 12.2. The first-order chi connectivity index (χ1) is 11.3. The van der Waals surface area contributed by atoms with Crippen molar-refractivity contribution in [2.75, 3.05) is 16.8 Å². The van der Waals surface area contributed by atoms with Gasteiger partial charge in [-0.25, -0.2) is 9.97 Å². The van der Waals surface area contributed by atoms with Crippen molar-refractivity contribution in [1.82, 2.24) is 14.4 Å². The first kappa shape index (κ1) is 14.6. The zero-order chi connectivity index (χ0) is 15.6. The third kappa shape index (κ3) is 3.07. The van der Waals surface area contributed by atoms with Gasteiger partial charge in [0.25, 0.3) is 5.91 Å². The number of anilines is 1. The Kier molecular flexibility index (Phi) is 3.97. The van der Waals surface area contributed by atoms with Gasteiger partial charge in [0.2, 0.25) is 5.78 Å². The fourth-order valence-corrected chi connectivity index (χ4v) is 5.29. The maximum absolute atomic E-state index is 12.4. The van der Waals surface area contributed by atoms with Crippen molar-refractivity contribution in [3.8, 4) is 0 Å². The van der Waals surface area contributed by atoms with Gasteiger partial charge in [0.05, 0.1) is 4.58 Å². The lowest BCUT2D eigenvalue weighted by Crippen LogP contribution is -2.12. The van der Waals surface area contributed by atoms with Crippen LogP contribution in [0.2, 0.25) is 0 Å². The topological polar surface area (TPSA) is 59.3 Å². The largest absolute Gasteiger partial charge is 0.321 e. The van der Waals surface area contributed by atoms with E-state index in [1.165, 1.54) is 17.1 Å². The molecule has 1 aliphatic rings. The lowest BCUT2D eigenvalue weighted by molar-refractivity contribution is 0.102. The number of fused-ring (bicyclic) bond motifs is 1. The standard InChI is InChI=1S/C16H14N4OS2/c21-14(13-10-20-6-2-5-17-16(20)19-13)18-12-4-1-3-11(9-12)15-22-7-8-23-15/h1-6,9-10,15H,7-8H2,(H,18,21). The number of aromatic nitrogens is 3. The van der Waals surface area contributed by atoms with Crippen molar-refractivity contribution < 1.29 is 4.79 Å². The molecule has 5 nitrogen and oxygen atoms in total. The van der Waals surface area contributed by atoms with Crippen LogP contribution in [0.3, 0.4) is 0 Å². The highest BCUT2D eigenvalue weighted by Crippen LogP contribution is 2.45. The molecular formula is C16H14N4OS2. The van der Waals surface area contributed by atoms with Crippen LogP contribution in [0.1, 0.15) is 20.6 Å². The Morgan fingerprint density at radius 1 is 1.26 bits per heavy atom. The van der Waals surface area contributed by atoms with Crippen molar-refractivity contribution >= 4 is 40.9 Å². The molecule has 0 bridgehead atoms. The predicted octanol–water partition coefficient (Wildman–Crippen LogP) is 3.46. The van der Waals surface area contributed by atoms with E-state index in [9.17, 15) is 4.79 Å². The van der Waals surface area contributed by atoms with E-state index in [0.29, 0.717) is 16.1 Å². The second-order valence-electron chi connectivity index (χ2n) is 5.11. The Balaban J connectivity index is 1.55. The average molecular weight is 342 g/mol. The van der Waals surface area contributed by atoms with E-state index in [2.05, 4.69) is 21.4 Å². The number of thioether (sulfide) groups is 2. The summed E-state index contributed by atoms with van der Waals surface area (Å²) in [5, 5.41) is 2.92. The van der Waals surface area contributed by atoms with E-state index in [-0.39, 0.29) is 5.91 Å². The van der Waals surface area contributed by atoms with E-state index < -0.39 is 0 Å². The maximum atomic E-state index is 12.4. The molecule has 0 saturated carbocycles. The Bertz CT molecular complexity index is 825. The lowest BCUT2D eigenvalue weighted by Gasteiger charge is -2.10. The number of carbonyl (C=O) groups excluding carboxylic acids is 1. The molecule has 0 atom stereocenters. The number of hydrogen-bond donors (Lipinski definition) is 1. The van der Waals surface area contributed by atoms with Gasteiger partial charge in [-0.3, -0.25) is 9.20 Å². The smallest absolute Gasteiger partial charge is 0.275 e. The molecule has 1 saturated heterocycles. The fourth-order valence-electron chi connectivity index (χ4n) is 2.45. The van der Waals surface area contributed by atoms with E-state index in [4.69, 9.17) is 0 Å². The van der Waals surface area contributed by atoms with Gasteiger partial charge < -0.3 is 5.32 Å². The quantitative estimate of drug-likeness (QED) is 0.790. The van der Waals surface area contributed by atoms with Crippen LogP contribution in [0.25, 0.3) is 5.78 Å². The highest BCUT2D eigenvalue weighted by molar-refractivity contribution is 8.19. The Morgan fingerprint density at radius 3 is 2.96 bits per heavy atom. The molecule has 1 fully saturated rings. The van der Waals surface area contributed by atoms with Crippen molar-refractivity contribution in [2.24, 2.45) is 0 Å².